The average Bonchev–Trinajstić information content (AvgIpc) is 2.80. The summed E-state index contributed by atoms with van der Waals surface area (Å²) in [5.74, 6) is 0.110. The number of aromatic nitrogens is 3. The topological polar surface area (TPSA) is 82.7 Å². The SMILES string of the molecule is OCC(CO)Nc1nccn2nc(C(F)(F)F)cc12. The van der Waals surface area contributed by atoms with Crippen molar-refractivity contribution in [1.29, 1.82) is 0 Å². The molecule has 0 unspecified atom stereocenters. The summed E-state index contributed by atoms with van der Waals surface area (Å²) in [6.07, 6.45) is -1.99. The highest BCUT2D eigenvalue weighted by atomic mass is 19.4. The predicted octanol–water partition coefficient (Wildman–Crippen LogP) is 0.513. The van der Waals surface area contributed by atoms with Crippen molar-refractivity contribution in [3.63, 3.8) is 0 Å². The fourth-order valence-electron chi connectivity index (χ4n) is 1.51. The molecule has 0 saturated carbocycles. The summed E-state index contributed by atoms with van der Waals surface area (Å²) in [4.78, 5) is 3.88. The van der Waals surface area contributed by atoms with E-state index in [1.54, 1.807) is 0 Å². The van der Waals surface area contributed by atoms with Crippen LogP contribution in [0.3, 0.4) is 0 Å². The van der Waals surface area contributed by atoms with Crippen LogP contribution in [0.25, 0.3) is 5.52 Å². The van der Waals surface area contributed by atoms with Crippen LogP contribution in [-0.2, 0) is 6.18 Å². The van der Waals surface area contributed by atoms with Gasteiger partial charge in [-0.15, -0.1) is 0 Å². The van der Waals surface area contributed by atoms with Crippen LogP contribution in [0.1, 0.15) is 5.69 Å². The lowest BCUT2D eigenvalue weighted by Gasteiger charge is -2.14. The Labute approximate surface area is 105 Å². The van der Waals surface area contributed by atoms with Crippen molar-refractivity contribution < 1.29 is 23.4 Å². The molecule has 0 aromatic carbocycles. The summed E-state index contributed by atoms with van der Waals surface area (Å²) in [5.41, 5.74) is -0.921. The quantitative estimate of drug-likeness (QED) is 0.758. The van der Waals surface area contributed by atoms with Gasteiger partial charge in [0.1, 0.15) is 5.52 Å². The van der Waals surface area contributed by atoms with E-state index in [-0.39, 0.29) is 24.5 Å². The maximum absolute atomic E-state index is 12.6. The Balaban J connectivity index is 2.42. The van der Waals surface area contributed by atoms with Crippen LogP contribution in [0.4, 0.5) is 19.0 Å². The van der Waals surface area contributed by atoms with E-state index in [1.807, 2.05) is 0 Å². The first kappa shape index (κ1) is 13.6. The van der Waals surface area contributed by atoms with Crippen molar-refractivity contribution in [3.05, 3.63) is 24.2 Å². The molecule has 9 heteroatoms. The third kappa shape index (κ3) is 2.76. The molecule has 0 saturated heterocycles. The Morgan fingerprint density at radius 3 is 2.58 bits per heavy atom. The van der Waals surface area contributed by atoms with Gasteiger partial charge in [-0.2, -0.15) is 18.3 Å². The molecule has 104 valence electrons. The summed E-state index contributed by atoms with van der Waals surface area (Å²) in [6.45, 7) is -0.751. The Morgan fingerprint density at radius 1 is 1.32 bits per heavy atom. The molecule has 19 heavy (non-hydrogen) atoms. The van der Waals surface area contributed by atoms with Crippen LogP contribution < -0.4 is 5.32 Å². The lowest BCUT2D eigenvalue weighted by Crippen LogP contribution is -2.28. The van der Waals surface area contributed by atoms with E-state index in [9.17, 15) is 13.2 Å². The number of aliphatic hydroxyl groups excluding tert-OH is 2. The largest absolute Gasteiger partial charge is 0.435 e. The van der Waals surface area contributed by atoms with E-state index < -0.39 is 17.9 Å². The molecule has 2 aromatic rings. The first-order valence-electron chi connectivity index (χ1n) is 5.35. The molecule has 0 spiro atoms. The average molecular weight is 276 g/mol. The summed E-state index contributed by atoms with van der Waals surface area (Å²) < 4.78 is 38.7. The Bertz CT molecular complexity index is 565. The molecule has 6 nitrogen and oxygen atoms in total. The number of anilines is 1. The van der Waals surface area contributed by atoms with Crippen LogP contribution in [0, 0.1) is 0 Å². The number of alkyl halides is 3. The molecule has 0 fully saturated rings. The van der Waals surface area contributed by atoms with Gasteiger partial charge in [0.05, 0.1) is 19.3 Å². The van der Waals surface area contributed by atoms with Crippen LogP contribution >= 0.6 is 0 Å². The van der Waals surface area contributed by atoms with Gasteiger partial charge in [-0.1, -0.05) is 0 Å². The van der Waals surface area contributed by atoms with Crippen molar-refractivity contribution in [2.45, 2.75) is 12.2 Å². The van der Waals surface area contributed by atoms with Gasteiger partial charge in [0.15, 0.2) is 11.5 Å². The van der Waals surface area contributed by atoms with E-state index in [4.69, 9.17) is 10.2 Å². The molecule has 0 amide bonds. The highest BCUT2D eigenvalue weighted by Gasteiger charge is 2.34. The van der Waals surface area contributed by atoms with Gasteiger partial charge in [-0.25, -0.2) is 9.50 Å². The highest BCUT2D eigenvalue weighted by molar-refractivity contribution is 5.68. The van der Waals surface area contributed by atoms with E-state index >= 15 is 0 Å². The number of hydrogen-bond donors (Lipinski definition) is 3. The van der Waals surface area contributed by atoms with Crippen LogP contribution in [0.15, 0.2) is 18.5 Å². The number of aliphatic hydroxyl groups is 2. The number of rotatable bonds is 4. The lowest BCUT2D eigenvalue weighted by molar-refractivity contribution is -0.141. The zero-order chi connectivity index (χ0) is 14.0. The number of nitrogens with zero attached hydrogens (tertiary/aromatic N) is 3. The summed E-state index contributed by atoms with van der Waals surface area (Å²) in [5, 5.41) is 23.9. The lowest BCUT2D eigenvalue weighted by atomic mass is 10.3. The summed E-state index contributed by atoms with van der Waals surface area (Å²) >= 11 is 0. The van der Waals surface area contributed by atoms with Gasteiger partial charge < -0.3 is 15.5 Å². The molecule has 0 aliphatic carbocycles. The fourth-order valence-corrected chi connectivity index (χ4v) is 1.51. The molecular formula is C10H11F3N4O2. The van der Waals surface area contributed by atoms with Gasteiger partial charge in [0.2, 0.25) is 0 Å². The maximum atomic E-state index is 12.6. The molecule has 0 atom stereocenters. The molecule has 2 aromatic heterocycles. The second-order valence-corrected chi connectivity index (χ2v) is 3.84. The Hall–Kier alpha value is -1.87. The van der Waals surface area contributed by atoms with Crippen molar-refractivity contribution in [1.82, 2.24) is 14.6 Å². The monoisotopic (exact) mass is 276 g/mol. The molecule has 0 radical (unpaired) electrons. The Kier molecular flexibility index (Phi) is 3.58. The minimum atomic E-state index is -4.54. The standard InChI is InChI=1S/C10H11F3N4O2/c11-10(12,13)8-3-7-9(15-6(4-18)5-19)14-1-2-17(7)16-8/h1-3,6,18-19H,4-5H2,(H,14,15). The van der Waals surface area contributed by atoms with Crippen LogP contribution in [-0.4, -0.2) is 44.1 Å². The number of fused-ring (bicyclic) bond motifs is 1. The summed E-state index contributed by atoms with van der Waals surface area (Å²) in [7, 11) is 0. The smallest absolute Gasteiger partial charge is 0.394 e. The van der Waals surface area contributed by atoms with E-state index in [0.29, 0.717) is 0 Å². The van der Waals surface area contributed by atoms with Gasteiger partial charge >= 0.3 is 6.18 Å². The molecule has 0 bridgehead atoms. The number of nitrogens with one attached hydrogen (secondary N) is 1. The second kappa shape index (κ2) is 5.02. The zero-order valence-electron chi connectivity index (χ0n) is 9.59. The maximum Gasteiger partial charge on any atom is 0.435 e. The van der Waals surface area contributed by atoms with Crippen LogP contribution in [0.2, 0.25) is 0 Å². The molecule has 3 N–H and O–H groups in total. The minimum absolute atomic E-state index is 0.110. The van der Waals surface area contributed by atoms with Crippen molar-refractivity contribution in [2.24, 2.45) is 0 Å². The molecule has 2 rings (SSSR count). The second-order valence-electron chi connectivity index (χ2n) is 3.84. The first-order chi connectivity index (χ1) is 8.95. The van der Waals surface area contributed by atoms with Gasteiger partial charge in [-0.3, -0.25) is 0 Å². The molecule has 0 aliphatic heterocycles. The van der Waals surface area contributed by atoms with Crippen molar-refractivity contribution in [3.8, 4) is 0 Å². The van der Waals surface area contributed by atoms with E-state index in [0.717, 1.165) is 10.6 Å². The number of hydrogen-bond acceptors (Lipinski definition) is 5. The van der Waals surface area contributed by atoms with Gasteiger partial charge in [0.25, 0.3) is 0 Å². The van der Waals surface area contributed by atoms with Crippen molar-refractivity contribution >= 4 is 11.3 Å². The minimum Gasteiger partial charge on any atom is -0.394 e. The van der Waals surface area contributed by atoms with Crippen LogP contribution in [0.5, 0.6) is 0 Å². The third-order valence-corrected chi connectivity index (χ3v) is 2.46. The zero-order valence-corrected chi connectivity index (χ0v) is 9.59. The third-order valence-electron chi connectivity index (χ3n) is 2.46. The van der Waals surface area contributed by atoms with Crippen molar-refractivity contribution in [2.75, 3.05) is 18.5 Å². The van der Waals surface area contributed by atoms with Gasteiger partial charge in [0, 0.05) is 18.5 Å². The normalized spacial score (nSPS) is 12.3. The summed E-state index contributed by atoms with van der Waals surface area (Å²) in [6, 6.07) is 0.143. The highest BCUT2D eigenvalue weighted by Crippen LogP contribution is 2.30. The van der Waals surface area contributed by atoms with E-state index in [1.165, 1.54) is 12.4 Å². The van der Waals surface area contributed by atoms with E-state index in [2.05, 4.69) is 15.4 Å². The first-order valence-corrected chi connectivity index (χ1v) is 5.35. The predicted molar refractivity (Wildman–Crippen MR) is 59.6 cm³/mol. The Morgan fingerprint density at radius 2 is 2.00 bits per heavy atom. The molecule has 0 aliphatic rings. The molecule has 2 heterocycles. The fraction of sp³-hybridized carbons (Fsp3) is 0.400. The van der Waals surface area contributed by atoms with Gasteiger partial charge in [-0.05, 0) is 0 Å². The number of halogens is 3. The molecular weight excluding hydrogens is 265 g/mol.